The van der Waals surface area contributed by atoms with E-state index in [0.29, 0.717) is 11.7 Å². The highest BCUT2D eigenvalue weighted by Gasteiger charge is 2.24. The van der Waals surface area contributed by atoms with Crippen molar-refractivity contribution in [3.8, 4) is 5.69 Å². The number of rotatable bonds is 3. The second kappa shape index (κ2) is 5.13. The molecule has 1 heterocycles. The standard InChI is InChI=1S/C15H18FN3/c1-2-17-13-7-5-9-14-11(13)10-18-19(14)15-8-4-3-6-12(15)16/h3-4,6,8,10,13,17H,2,5,7,9H2,1H3. The zero-order valence-corrected chi connectivity index (χ0v) is 11.1. The van der Waals surface area contributed by atoms with Gasteiger partial charge in [-0.1, -0.05) is 19.1 Å². The van der Waals surface area contributed by atoms with E-state index in [4.69, 9.17) is 0 Å². The van der Waals surface area contributed by atoms with Crippen LogP contribution in [0.25, 0.3) is 5.69 Å². The van der Waals surface area contributed by atoms with Gasteiger partial charge in [0.25, 0.3) is 0 Å². The van der Waals surface area contributed by atoms with E-state index in [1.54, 1.807) is 16.8 Å². The Kier molecular flexibility index (Phi) is 3.34. The molecule has 1 aliphatic rings. The molecule has 0 fully saturated rings. The van der Waals surface area contributed by atoms with Crippen LogP contribution in [-0.2, 0) is 6.42 Å². The van der Waals surface area contributed by atoms with Crippen molar-refractivity contribution in [2.75, 3.05) is 6.54 Å². The summed E-state index contributed by atoms with van der Waals surface area (Å²) in [5.41, 5.74) is 2.90. The maximum atomic E-state index is 13.9. The van der Waals surface area contributed by atoms with Crippen molar-refractivity contribution in [1.29, 1.82) is 0 Å². The van der Waals surface area contributed by atoms with Crippen molar-refractivity contribution >= 4 is 0 Å². The maximum absolute atomic E-state index is 13.9. The van der Waals surface area contributed by atoms with Crippen molar-refractivity contribution in [1.82, 2.24) is 15.1 Å². The summed E-state index contributed by atoms with van der Waals surface area (Å²) < 4.78 is 15.6. The largest absolute Gasteiger partial charge is 0.310 e. The Morgan fingerprint density at radius 2 is 2.26 bits per heavy atom. The van der Waals surface area contributed by atoms with Crippen molar-refractivity contribution in [3.63, 3.8) is 0 Å². The third-order valence-electron chi connectivity index (χ3n) is 3.71. The van der Waals surface area contributed by atoms with Crippen molar-refractivity contribution < 1.29 is 4.39 Å². The summed E-state index contributed by atoms with van der Waals surface area (Å²) in [5.74, 6) is -0.223. The summed E-state index contributed by atoms with van der Waals surface area (Å²) in [7, 11) is 0. The fraction of sp³-hybridized carbons (Fsp3) is 0.400. The van der Waals surface area contributed by atoms with Gasteiger partial charge in [0.1, 0.15) is 11.5 Å². The highest BCUT2D eigenvalue weighted by atomic mass is 19.1. The lowest BCUT2D eigenvalue weighted by Crippen LogP contribution is -2.25. The first-order chi connectivity index (χ1) is 9.31. The van der Waals surface area contributed by atoms with Gasteiger partial charge in [-0.05, 0) is 37.9 Å². The lowest BCUT2D eigenvalue weighted by atomic mass is 9.93. The van der Waals surface area contributed by atoms with Crippen molar-refractivity contribution in [2.45, 2.75) is 32.2 Å². The van der Waals surface area contributed by atoms with Crippen LogP contribution in [0.5, 0.6) is 0 Å². The van der Waals surface area contributed by atoms with E-state index in [2.05, 4.69) is 17.3 Å². The minimum absolute atomic E-state index is 0.223. The van der Waals surface area contributed by atoms with Gasteiger partial charge in [-0.25, -0.2) is 9.07 Å². The quantitative estimate of drug-likeness (QED) is 0.918. The van der Waals surface area contributed by atoms with Gasteiger partial charge in [-0.15, -0.1) is 0 Å². The topological polar surface area (TPSA) is 29.9 Å². The Morgan fingerprint density at radius 3 is 3.05 bits per heavy atom. The molecule has 3 nitrogen and oxygen atoms in total. The Hall–Kier alpha value is -1.68. The van der Waals surface area contributed by atoms with E-state index >= 15 is 0 Å². The lowest BCUT2D eigenvalue weighted by molar-refractivity contribution is 0.466. The van der Waals surface area contributed by atoms with Crippen LogP contribution in [0.3, 0.4) is 0 Å². The third-order valence-corrected chi connectivity index (χ3v) is 3.71. The van der Waals surface area contributed by atoms with E-state index in [9.17, 15) is 4.39 Å². The number of hydrogen-bond donors (Lipinski definition) is 1. The third kappa shape index (κ3) is 2.16. The van der Waals surface area contributed by atoms with Crippen LogP contribution in [0, 0.1) is 5.82 Å². The minimum atomic E-state index is -0.223. The molecule has 1 unspecified atom stereocenters. The van der Waals surface area contributed by atoms with E-state index < -0.39 is 0 Å². The average molecular weight is 259 g/mol. The normalized spacial score (nSPS) is 18.3. The zero-order chi connectivity index (χ0) is 13.2. The van der Waals surface area contributed by atoms with Gasteiger partial charge in [0.05, 0.1) is 6.20 Å². The summed E-state index contributed by atoms with van der Waals surface area (Å²) in [6, 6.07) is 7.16. The number of aromatic nitrogens is 2. The number of nitrogens with zero attached hydrogens (tertiary/aromatic N) is 2. The van der Waals surface area contributed by atoms with Crippen molar-refractivity contribution in [3.05, 3.63) is 47.5 Å². The number of hydrogen-bond acceptors (Lipinski definition) is 2. The molecule has 0 saturated heterocycles. The first-order valence-corrected chi connectivity index (χ1v) is 6.86. The van der Waals surface area contributed by atoms with Gasteiger partial charge in [-0.3, -0.25) is 0 Å². The fourth-order valence-electron chi connectivity index (χ4n) is 2.85. The molecular formula is C15H18FN3. The Balaban J connectivity index is 2.04. The molecule has 0 amide bonds. The van der Waals surface area contributed by atoms with E-state index in [1.807, 2.05) is 12.3 Å². The Morgan fingerprint density at radius 1 is 1.42 bits per heavy atom. The number of nitrogens with one attached hydrogen (secondary N) is 1. The number of halogens is 1. The summed E-state index contributed by atoms with van der Waals surface area (Å²) in [6.45, 7) is 3.05. The van der Waals surface area contributed by atoms with Crippen LogP contribution < -0.4 is 5.32 Å². The summed E-state index contributed by atoms with van der Waals surface area (Å²) in [4.78, 5) is 0. The van der Waals surface area contributed by atoms with Gasteiger partial charge in [-0.2, -0.15) is 5.10 Å². The molecule has 0 saturated carbocycles. The monoisotopic (exact) mass is 259 g/mol. The molecule has 2 aromatic rings. The molecule has 1 aromatic carbocycles. The smallest absolute Gasteiger partial charge is 0.148 e. The molecule has 1 N–H and O–H groups in total. The van der Waals surface area contributed by atoms with Crippen molar-refractivity contribution in [2.24, 2.45) is 0 Å². The summed E-state index contributed by atoms with van der Waals surface area (Å²) >= 11 is 0. The second-order valence-electron chi connectivity index (χ2n) is 4.91. The first-order valence-electron chi connectivity index (χ1n) is 6.86. The summed E-state index contributed by atoms with van der Waals surface area (Å²) in [6.07, 6.45) is 5.09. The zero-order valence-electron chi connectivity index (χ0n) is 11.1. The van der Waals surface area contributed by atoms with Gasteiger partial charge in [0.2, 0.25) is 0 Å². The molecule has 0 bridgehead atoms. The Bertz CT molecular complexity index is 577. The number of fused-ring (bicyclic) bond motifs is 1. The van der Waals surface area contributed by atoms with Crippen LogP contribution >= 0.6 is 0 Å². The van der Waals surface area contributed by atoms with Crippen LogP contribution in [0.1, 0.15) is 37.1 Å². The van der Waals surface area contributed by atoms with E-state index in [1.165, 1.54) is 11.6 Å². The van der Waals surface area contributed by atoms with E-state index in [0.717, 1.165) is 31.5 Å². The molecule has 19 heavy (non-hydrogen) atoms. The number of benzene rings is 1. The minimum Gasteiger partial charge on any atom is -0.310 e. The average Bonchev–Trinajstić information content (AvgIpc) is 2.85. The predicted octanol–water partition coefficient (Wildman–Crippen LogP) is 3.00. The molecule has 0 radical (unpaired) electrons. The predicted molar refractivity (Wildman–Crippen MR) is 72.9 cm³/mol. The second-order valence-corrected chi connectivity index (χ2v) is 4.91. The molecule has 100 valence electrons. The van der Waals surface area contributed by atoms with E-state index in [-0.39, 0.29) is 5.82 Å². The van der Waals surface area contributed by atoms with Crippen LogP contribution in [-0.4, -0.2) is 16.3 Å². The first kappa shape index (κ1) is 12.4. The lowest BCUT2D eigenvalue weighted by Gasteiger charge is -2.23. The number of para-hydroxylation sites is 1. The fourth-order valence-corrected chi connectivity index (χ4v) is 2.85. The Labute approximate surface area is 112 Å². The molecular weight excluding hydrogens is 241 g/mol. The molecule has 0 aliphatic heterocycles. The highest BCUT2D eigenvalue weighted by molar-refractivity contribution is 5.38. The molecule has 0 spiro atoms. The van der Waals surface area contributed by atoms with Crippen LogP contribution in [0.15, 0.2) is 30.5 Å². The molecule has 4 heteroatoms. The molecule has 3 rings (SSSR count). The maximum Gasteiger partial charge on any atom is 0.148 e. The molecule has 1 atom stereocenters. The SMILES string of the molecule is CCNC1CCCc2c1cnn2-c1ccccc1F. The van der Waals surface area contributed by atoms with Crippen LogP contribution in [0.4, 0.5) is 4.39 Å². The summed E-state index contributed by atoms with van der Waals surface area (Å²) in [5, 5.41) is 7.87. The van der Waals surface area contributed by atoms with Gasteiger partial charge in [0.15, 0.2) is 0 Å². The van der Waals surface area contributed by atoms with Gasteiger partial charge in [0, 0.05) is 17.3 Å². The van der Waals surface area contributed by atoms with Gasteiger partial charge < -0.3 is 5.32 Å². The molecule has 1 aromatic heterocycles. The molecule has 1 aliphatic carbocycles. The van der Waals surface area contributed by atoms with Gasteiger partial charge >= 0.3 is 0 Å². The highest BCUT2D eigenvalue weighted by Crippen LogP contribution is 2.31. The van der Waals surface area contributed by atoms with Crippen LogP contribution in [0.2, 0.25) is 0 Å².